The van der Waals surface area contributed by atoms with Crippen molar-refractivity contribution in [3.05, 3.63) is 59.7 Å². The van der Waals surface area contributed by atoms with Gasteiger partial charge in [0.15, 0.2) is 0 Å². The molecular weight excluding hydrogens is 492 g/mol. The third-order valence-corrected chi connectivity index (χ3v) is 8.98. The molecule has 1 aliphatic rings. The predicted molar refractivity (Wildman–Crippen MR) is 169 cm³/mol. The molecule has 3 nitrogen and oxygen atoms in total. The lowest BCUT2D eigenvalue weighted by Gasteiger charge is -2.34. The largest absolute Gasteiger partial charge is 0.481 e. The Labute approximate surface area is 245 Å². The number of aryl methyl sites for hydroxylation is 1. The summed E-state index contributed by atoms with van der Waals surface area (Å²) >= 11 is 0. The zero-order valence-corrected chi connectivity index (χ0v) is 25.5. The summed E-state index contributed by atoms with van der Waals surface area (Å²) < 4.78 is 6.63. The van der Waals surface area contributed by atoms with E-state index in [0.717, 1.165) is 44.6 Å². The lowest BCUT2D eigenvalue weighted by molar-refractivity contribution is -0.137. The van der Waals surface area contributed by atoms with Gasteiger partial charge in [0.05, 0.1) is 6.10 Å². The van der Waals surface area contributed by atoms with E-state index in [1.54, 1.807) is 0 Å². The number of aliphatic carboxylic acids is 1. The number of unbranched alkanes of at least 4 members (excludes halogenated alkanes) is 7. The monoisotopic (exact) mass is 548 g/mol. The quantitative estimate of drug-likeness (QED) is 0.167. The number of rotatable bonds is 20. The molecule has 0 aliphatic heterocycles. The first-order valence-corrected chi connectivity index (χ1v) is 16.6. The second-order valence-electron chi connectivity index (χ2n) is 12.3. The Balaban J connectivity index is 1.50. The Morgan fingerprint density at radius 1 is 0.750 bits per heavy atom. The van der Waals surface area contributed by atoms with Crippen molar-refractivity contribution in [3.63, 3.8) is 0 Å². The molecule has 40 heavy (non-hydrogen) atoms. The van der Waals surface area contributed by atoms with Crippen LogP contribution in [-0.2, 0) is 22.4 Å². The number of benzene rings is 2. The molecule has 3 heteroatoms. The summed E-state index contributed by atoms with van der Waals surface area (Å²) in [4.78, 5) is 10.7. The molecule has 0 amide bonds. The fourth-order valence-corrected chi connectivity index (χ4v) is 6.45. The van der Waals surface area contributed by atoms with Crippen LogP contribution in [0.2, 0.25) is 0 Å². The summed E-state index contributed by atoms with van der Waals surface area (Å²) in [6.07, 6.45) is 21.1. The van der Waals surface area contributed by atoms with Crippen LogP contribution in [0.15, 0.2) is 48.5 Å². The van der Waals surface area contributed by atoms with Crippen LogP contribution < -0.4 is 0 Å². The maximum atomic E-state index is 10.7. The Morgan fingerprint density at radius 2 is 1.35 bits per heavy atom. The van der Waals surface area contributed by atoms with Crippen LogP contribution in [0.4, 0.5) is 0 Å². The SMILES string of the molecule is CCCCCc1ccc(-c2ccc(CC(OCCCCCCCCC(=O)O)C3CCC(CCC)CC3)cc2)cc1. The van der Waals surface area contributed by atoms with Gasteiger partial charge in [0.2, 0.25) is 0 Å². The third kappa shape index (κ3) is 12.2. The highest BCUT2D eigenvalue weighted by Crippen LogP contribution is 2.35. The molecule has 2 aromatic carbocycles. The Bertz CT molecular complexity index is 925. The summed E-state index contributed by atoms with van der Waals surface area (Å²) in [7, 11) is 0. The first-order valence-electron chi connectivity index (χ1n) is 16.6. The first-order chi connectivity index (χ1) is 19.6. The minimum absolute atomic E-state index is 0.303. The average Bonchev–Trinajstić information content (AvgIpc) is 2.97. The highest BCUT2D eigenvalue weighted by molar-refractivity contribution is 5.66. The third-order valence-electron chi connectivity index (χ3n) is 8.98. The van der Waals surface area contributed by atoms with E-state index in [9.17, 15) is 4.79 Å². The van der Waals surface area contributed by atoms with E-state index in [2.05, 4.69) is 62.4 Å². The molecule has 0 spiro atoms. The van der Waals surface area contributed by atoms with Gasteiger partial charge in [-0.2, -0.15) is 0 Å². The molecule has 0 saturated heterocycles. The molecule has 0 radical (unpaired) electrons. The van der Waals surface area contributed by atoms with E-state index in [1.807, 2.05) is 0 Å². The van der Waals surface area contributed by atoms with Gasteiger partial charge in [-0.15, -0.1) is 0 Å². The fraction of sp³-hybridized carbons (Fsp3) is 0.649. The maximum Gasteiger partial charge on any atom is 0.303 e. The van der Waals surface area contributed by atoms with Crippen molar-refractivity contribution >= 4 is 5.97 Å². The van der Waals surface area contributed by atoms with Crippen LogP contribution in [-0.4, -0.2) is 23.8 Å². The highest BCUT2D eigenvalue weighted by Gasteiger charge is 2.28. The van der Waals surface area contributed by atoms with Crippen molar-refractivity contribution in [1.29, 1.82) is 0 Å². The summed E-state index contributed by atoms with van der Waals surface area (Å²) in [5.41, 5.74) is 5.43. The van der Waals surface area contributed by atoms with Crippen molar-refractivity contribution in [3.8, 4) is 11.1 Å². The van der Waals surface area contributed by atoms with Gasteiger partial charge in [-0.05, 0) is 79.0 Å². The van der Waals surface area contributed by atoms with Crippen molar-refractivity contribution in [1.82, 2.24) is 0 Å². The van der Waals surface area contributed by atoms with Crippen LogP contribution in [0.1, 0.15) is 128 Å². The van der Waals surface area contributed by atoms with Gasteiger partial charge in [0.1, 0.15) is 0 Å². The molecule has 1 N–H and O–H groups in total. The molecule has 1 unspecified atom stereocenters. The predicted octanol–water partition coefficient (Wildman–Crippen LogP) is 10.4. The number of carboxylic acid groups (broad SMARTS) is 1. The van der Waals surface area contributed by atoms with Crippen LogP contribution in [0, 0.1) is 11.8 Å². The molecule has 222 valence electrons. The lowest BCUT2D eigenvalue weighted by atomic mass is 9.76. The zero-order chi connectivity index (χ0) is 28.4. The molecule has 2 aromatic rings. The number of hydrogen-bond acceptors (Lipinski definition) is 2. The van der Waals surface area contributed by atoms with E-state index < -0.39 is 5.97 Å². The number of carbonyl (C=O) groups is 1. The summed E-state index contributed by atoms with van der Waals surface area (Å²) in [5, 5.41) is 8.78. The van der Waals surface area contributed by atoms with Gasteiger partial charge in [-0.3, -0.25) is 4.79 Å². The highest BCUT2D eigenvalue weighted by atomic mass is 16.5. The normalized spacial score (nSPS) is 18.1. The van der Waals surface area contributed by atoms with Gasteiger partial charge in [0, 0.05) is 13.0 Å². The van der Waals surface area contributed by atoms with E-state index in [1.165, 1.54) is 99.3 Å². The molecular formula is C37H56O3. The molecule has 1 atom stereocenters. The van der Waals surface area contributed by atoms with Crippen LogP contribution >= 0.6 is 0 Å². The number of carboxylic acids is 1. The van der Waals surface area contributed by atoms with Gasteiger partial charge < -0.3 is 9.84 Å². The van der Waals surface area contributed by atoms with Crippen LogP contribution in [0.5, 0.6) is 0 Å². The van der Waals surface area contributed by atoms with Crippen LogP contribution in [0.25, 0.3) is 11.1 Å². The fourth-order valence-electron chi connectivity index (χ4n) is 6.45. The smallest absolute Gasteiger partial charge is 0.303 e. The summed E-state index contributed by atoms with van der Waals surface area (Å²) in [6, 6.07) is 18.4. The average molecular weight is 549 g/mol. The number of ether oxygens (including phenoxy) is 1. The standard InChI is InChI=1S/C37H56O3/c1-3-5-10-14-31-16-22-33(23-17-31)34-24-20-32(21-25-34)29-36(35-26-18-30(13-4-2)19-27-35)40-28-12-9-7-6-8-11-15-37(38)39/h16-17,20-25,30,35-36H,3-15,18-19,26-29H2,1-2H3,(H,38,39). The van der Waals surface area contributed by atoms with Crippen molar-refractivity contribution < 1.29 is 14.6 Å². The second-order valence-corrected chi connectivity index (χ2v) is 12.3. The van der Waals surface area contributed by atoms with Crippen molar-refractivity contribution in [2.75, 3.05) is 6.61 Å². The molecule has 1 saturated carbocycles. The minimum Gasteiger partial charge on any atom is -0.481 e. The lowest BCUT2D eigenvalue weighted by Crippen LogP contribution is -2.30. The van der Waals surface area contributed by atoms with E-state index >= 15 is 0 Å². The maximum absolute atomic E-state index is 10.7. The Kier molecular flexibility index (Phi) is 15.4. The molecule has 3 rings (SSSR count). The topological polar surface area (TPSA) is 46.5 Å². The van der Waals surface area contributed by atoms with Gasteiger partial charge >= 0.3 is 5.97 Å². The van der Waals surface area contributed by atoms with Crippen LogP contribution in [0.3, 0.4) is 0 Å². The molecule has 0 bridgehead atoms. The second kappa shape index (κ2) is 19.1. The molecule has 0 aromatic heterocycles. The number of hydrogen-bond donors (Lipinski definition) is 1. The minimum atomic E-state index is -0.676. The Morgan fingerprint density at radius 3 is 1.95 bits per heavy atom. The Hall–Kier alpha value is -2.13. The molecule has 0 heterocycles. The zero-order valence-electron chi connectivity index (χ0n) is 25.5. The van der Waals surface area contributed by atoms with Crippen molar-refractivity contribution in [2.45, 2.75) is 136 Å². The van der Waals surface area contributed by atoms with Gasteiger partial charge in [-0.1, -0.05) is 127 Å². The van der Waals surface area contributed by atoms with E-state index in [-0.39, 0.29) is 0 Å². The molecule has 1 fully saturated rings. The van der Waals surface area contributed by atoms with E-state index in [0.29, 0.717) is 18.4 Å². The summed E-state index contributed by atoms with van der Waals surface area (Å²) in [6.45, 7) is 5.42. The van der Waals surface area contributed by atoms with Gasteiger partial charge in [-0.25, -0.2) is 0 Å². The first kappa shape index (κ1) is 32.4. The summed E-state index contributed by atoms with van der Waals surface area (Å²) in [5.74, 6) is 0.911. The van der Waals surface area contributed by atoms with Gasteiger partial charge in [0.25, 0.3) is 0 Å². The van der Waals surface area contributed by atoms with Crippen molar-refractivity contribution in [2.24, 2.45) is 11.8 Å². The molecule has 1 aliphatic carbocycles. The van der Waals surface area contributed by atoms with E-state index in [4.69, 9.17) is 9.84 Å².